The second-order valence-electron chi connectivity index (χ2n) is 4.62. The van der Waals surface area contributed by atoms with Crippen molar-refractivity contribution in [2.45, 2.75) is 31.7 Å². The van der Waals surface area contributed by atoms with Gasteiger partial charge < -0.3 is 11.1 Å². The summed E-state index contributed by atoms with van der Waals surface area (Å²) < 4.78 is 39.1. The molecule has 1 aliphatic carbocycles. The fraction of sp³-hybridized carbons (Fsp3) is 0.462. The topological polar surface area (TPSA) is 50.4 Å². The van der Waals surface area contributed by atoms with Crippen LogP contribution in [0.2, 0.25) is 0 Å². The summed E-state index contributed by atoms with van der Waals surface area (Å²) in [6, 6.07) is 2.51. The molecule has 1 saturated carbocycles. The molecular weight excluding hydrogens is 255 g/mol. The molecule has 0 radical (unpaired) electrons. The standard InChI is InChI=1S/C13H16F3N3/c14-10-5-4-8(11(15)12(10)16)6-7-18-13(17)19-9-2-1-3-9/h4-5,9H,1-3,6-7H2,(H3,17,18,19). The third kappa shape index (κ3) is 3.39. The zero-order valence-corrected chi connectivity index (χ0v) is 10.4. The van der Waals surface area contributed by atoms with Gasteiger partial charge in [-0.25, -0.2) is 13.2 Å². The van der Waals surface area contributed by atoms with E-state index in [4.69, 9.17) is 5.73 Å². The summed E-state index contributed by atoms with van der Waals surface area (Å²) in [5.41, 5.74) is 5.75. The molecule has 1 fully saturated rings. The lowest BCUT2D eigenvalue weighted by atomic mass is 9.93. The predicted octanol–water partition coefficient (Wildman–Crippen LogP) is 2.10. The number of aliphatic imine (C=N–C) groups is 1. The van der Waals surface area contributed by atoms with Gasteiger partial charge in [-0.15, -0.1) is 0 Å². The number of benzene rings is 1. The highest BCUT2D eigenvalue weighted by atomic mass is 19.2. The monoisotopic (exact) mass is 271 g/mol. The normalized spacial score (nSPS) is 16.3. The van der Waals surface area contributed by atoms with Crippen molar-refractivity contribution >= 4 is 5.96 Å². The number of nitrogens with two attached hydrogens (primary N) is 1. The lowest BCUT2D eigenvalue weighted by Gasteiger charge is -2.26. The van der Waals surface area contributed by atoms with Gasteiger partial charge in [-0.2, -0.15) is 0 Å². The summed E-state index contributed by atoms with van der Waals surface area (Å²) in [4.78, 5) is 4.03. The van der Waals surface area contributed by atoms with Crippen LogP contribution in [0.25, 0.3) is 0 Å². The van der Waals surface area contributed by atoms with Crippen molar-refractivity contribution in [3.05, 3.63) is 35.1 Å². The van der Waals surface area contributed by atoms with E-state index < -0.39 is 17.5 Å². The van der Waals surface area contributed by atoms with E-state index in [-0.39, 0.29) is 18.5 Å². The Bertz CT molecular complexity index is 484. The predicted molar refractivity (Wildman–Crippen MR) is 67.3 cm³/mol. The molecule has 104 valence electrons. The van der Waals surface area contributed by atoms with E-state index >= 15 is 0 Å². The minimum Gasteiger partial charge on any atom is -0.370 e. The van der Waals surface area contributed by atoms with Gasteiger partial charge in [0.05, 0.1) is 0 Å². The molecule has 1 aromatic carbocycles. The second-order valence-corrected chi connectivity index (χ2v) is 4.62. The second kappa shape index (κ2) is 5.95. The van der Waals surface area contributed by atoms with E-state index in [1.807, 2.05) is 0 Å². The molecule has 0 saturated heterocycles. The number of halogens is 3. The zero-order chi connectivity index (χ0) is 13.8. The maximum Gasteiger partial charge on any atom is 0.194 e. The van der Waals surface area contributed by atoms with Gasteiger partial charge in [0.1, 0.15) is 0 Å². The molecule has 3 nitrogen and oxygen atoms in total. The van der Waals surface area contributed by atoms with Gasteiger partial charge >= 0.3 is 0 Å². The SMILES string of the molecule is NC(=NCCc1ccc(F)c(F)c1F)NC1CCC1. The Morgan fingerprint density at radius 2 is 2.00 bits per heavy atom. The third-order valence-corrected chi connectivity index (χ3v) is 3.24. The number of guanidine groups is 1. The van der Waals surface area contributed by atoms with E-state index in [1.54, 1.807) is 0 Å². The van der Waals surface area contributed by atoms with Crippen molar-refractivity contribution < 1.29 is 13.2 Å². The van der Waals surface area contributed by atoms with Gasteiger partial charge in [0, 0.05) is 12.6 Å². The zero-order valence-electron chi connectivity index (χ0n) is 10.4. The first-order valence-corrected chi connectivity index (χ1v) is 6.26. The number of nitrogens with one attached hydrogen (secondary N) is 1. The van der Waals surface area contributed by atoms with Crippen LogP contribution in [0, 0.1) is 17.5 Å². The van der Waals surface area contributed by atoms with Crippen LogP contribution in [0.4, 0.5) is 13.2 Å². The minimum atomic E-state index is -1.44. The molecular formula is C13H16F3N3. The Labute approximate surface area is 109 Å². The van der Waals surface area contributed by atoms with Crippen molar-refractivity contribution in [3.63, 3.8) is 0 Å². The van der Waals surface area contributed by atoms with Crippen LogP contribution in [-0.2, 0) is 6.42 Å². The summed E-state index contributed by atoms with van der Waals surface area (Å²) in [6.07, 6.45) is 3.52. The molecule has 0 unspecified atom stereocenters. The molecule has 0 bridgehead atoms. The Morgan fingerprint density at radius 1 is 1.26 bits per heavy atom. The van der Waals surface area contributed by atoms with Gasteiger partial charge in [0.2, 0.25) is 0 Å². The smallest absolute Gasteiger partial charge is 0.194 e. The van der Waals surface area contributed by atoms with Gasteiger partial charge in [-0.1, -0.05) is 6.07 Å². The highest BCUT2D eigenvalue weighted by Crippen LogP contribution is 2.17. The first-order valence-electron chi connectivity index (χ1n) is 6.26. The van der Waals surface area contributed by atoms with Crippen molar-refractivity contribution in [1.29, 1.82) is 0 Å². The van der Waals surface area contributed by atoms with Crippen molar-refractivity contribution in [2.24, 2.45) is 10.7 Å². The number of nitrogens with zero attached hydrogens (tertiary/aromatic N) is 1. The van der Waals surface area contributed by atoms with Gasteiger partial charge in [0.25, 0.3) is 0 Å². The van der Waals surface area contributed by atoms with Gasteiger partial charge in [0.15, 0.2) is 23.4 Å². The quantitative estimate of drug-likeness (QED) is 0.500. The van der Waals surface area contributed by atoms with E-state index in [2.05, 4.69) is 10.3 Å². The van der Waals surface area contributed by atoms with Gasteiger partial charge in [-0.3, -0.25) is 4.99 Å². The average molecular weight is 271 g/mol. The van der Waals surface area contributed by atoms with E-state index in [1.165, 1.54) is 12.5 Å². The van der Waals surface area contributed by atoms with Crippen LogP contribution in [0.15, 0.2) is 17.1 Å². The summed E-state index contributed by atoms with van der Waals surface area (Å²) in [5, 5.41) is 3.04. The van der Waals surface area contributed by atoms with E-state index in [0.717, 1.165) is 18.9 Å². The average Bonchev–Trinajstić information content (AvgIpc) is 2.34. The molecule has 1 aromatic rings. The van der Waals surface area contributed by atoms with Gasteiger partial charge in [-0.05, 0) is 37.3 Å². The van der Waals surface area contributed by atoms with Crippen molar-refractivity contribution in [2.75, 3.05) is 6.54 Å². The molecule has 6 heteroatoms. The first kappa shape index (κ1) is 13.7. The van der Waals surface area contributed by atoms with Crippen LogP contribution in [-0.4, -0.2) is 18.5 Å². The number of hydrogen-bond donors (Lipinski definition) is 2. The van der Waals surface area contributed by atoms with Crippen LogP contribution < -0.4 is 11.1 Å². The lowest BCUT2D eigenvalue weighted by Crippen LogP contribution is -2.43. The molecule has 0 atom stereocenters. The highest BCUT2D eigenvalue weighted by molar-refractivity contribution is 5.78. The molecule has 0 spiro atoms. The van der Waals surface area contributed by atoms with Crippen LogP contribution >= 0.6 is 0 Å². The lowest BCUT2D eigenvalue weighted by molar-refractivity contribution is 0.382. The number of rotatable bonds is 4. The maximum atomic E-state index is 13.4. The number of hydrogen-bond acceptors (Lipinski definition) is 1. The van der Waals surface area contributed by atoms with E-state index in [9.17, 15) is 13.2 Å². The van der Waals surface area contributed by atoms with Crippen LogP contribution in [0.1, 0.15) is 24.8 Å². The Balaban J connectivity index is 1.88. The molecule has 0 heterocycles. The molecule has 0 aliphatic heterocycles. The maximum absolute atomic E-state index is 13.4. The van der Waals surface area contributed by atoms with Crippen LogP contribution in [0.3, 0.4) is 0 Å². The largest absolute Gasteiger partial charge is 0.370 e. The fourth-order valence-corrected chi connectivity index (χ4v) is 1.86. The Hall–Kier alpha value is -1.72. The molecule has 3 N–H and O–H groups in total. The minimum absolute atomic E-state index is 0.0964. The van der Waals surface area contributed by atoms with Crippen LogP contribution in [0.5, 0.6) is 0 Å². The summed E-state index contributed by atoms with van der Waals surface area (Å²) in [5.74, 6) is -3.47. The Kier molecular flexibility index (Phi) is 4.29. The fourth-order valence-electron chi connectivity index (χ4n) is 1.86. The summed E-state index contributed by atoms with van der Waals surface area (Å²) >= 11 is 0. The Morgan fingerprint density at radius 3 is 2.63 bits per heavy atom. The molecule has 0 aromatic heterocycles. The molecule has 19 heavy (non-hydrogen) atoms. The third-order valence-electron chi connectivity index (χ3n) is 3.24. The highest BCUT2D eigenvalue weighted by Gasteiger charge is 2.17. The molecule has 2 rings (SSSR count). The molecule has 0 amide bonds. The molecule has 1 aliphatic rings. The first-order chi connectivity index (χ1) is 9.08. The summed E-state index contributed by atoms with van der Waals surface area (Å²) in [7, 11) is 0. The van der Waals surface area contributed by atoms with Crippen molar-refractivity contribution in [3.8, 4) is 0 Å². The summed E-state index contributed by atoms with van der Waals surface area (Å²) in [6.45, 7) is 0.230. The van der Waals surface area contributed by atoms with Crippen molar-refractivity contribution in [1.82, 2.24) is 5.32 Å². The van der Waals surface area contributed by atoms with E-state index in [0.29, 0.717) is 12.0 Å².